The van der Waals surface area contributed by atoms with Crippen molar-refractivity contribution in [3.63, 3.8) is 0 Å². The lowest BCUT2D eigenvalue weighted by molar-refractivity contribution is 0.0168. The Balaban J connectivity index is 2.18. The SMILES string of the molecule is CC1CCCCCC2CCCCC(C)(C)N12. The molecular weight excluding hydrogens is 194 g/mol. The van der Waals surface area contributed by atoms with Crippen molar-refractivity contribution < 1.29 is 0 Å². The Bertz CT molecular complexity index is 221. The van der Waals surface area contributed by atoms with Crippen LogP contribution in [0.1, 0.15) is 78.6 Å². The average molecular weight is 223 g/mol. The van der Waals surface area contributed by atoms with Gasteiger partial charge in [-0.1, -0.05) is 32.1 Å². The highest BCUT2D eigenvalue weighted by Crippen LogP contribution is 2.36. The molecule has 0 aromatic heterocycles. The molecule has 2 aliphatic rings. The maximum absolute atomic E-state index is 2.89. The van der Waals surface area contributed by atoms with Gasteiger partial charge in [-0.25, -0.2) is 0 Å². The molecule has 2 unspecified atom stereocenters. The smallest absolute Gasteiger partial charge is 0.0159 e. The topological polar surface area (TPSA) is 3.24 Å². The first-order valence-corrected chi connectivity index (χ1v) is 7.40. The molecule has 94 valence electrons. The summed E-state index contributed by atoms with van der Waals surface area (Å²) < 4.78 is 0. The van der Waals surface area contributed by atoms with Gasteiger partial charge in [0.2, 0.25) is 0 Å². The summed E-state index contributed by atoms with van der Waals surface area (Å²) in [5, 5.41) is 0. The minimum atomic E-state index is 0.442. The minimum absolute atomic E-state index is 0.442. The molecule has 2 heterocycles. The molecule has 1 heteroatoms. The van der Waals surface area contributed by atoms with Crippen molar-refractivity contribution in [2.75, 3.05) is 0 Å². The predicted octanol–water partition coefficient (Wildman–Crippen LogP) is 4.36. The van der Waals surface area contributed by atoms with Crippen LogP contribution in [0.15, 0.2) is 0 Å². The van der Waals surface area contributed by atoms with Gasteiger partial charge in [-0.2, -0.15) is 0 Å². The molecule has 0 radical (unpaired) electrons. The van der Waals surface area contributed by atoms with E-state index in [1.165, 1.54) is 57.8 Å². The Labute approximate surface area is 102 Å². The fourth-order valence-electron chi connectivity index (χ4n) is 4.08. The number of nitrogens with zero attached hydrogens (tertiary/aromatic N) is 1. The van der Waals surface area contributed by atoms with Gasteiger partial charge >= 0.3 is 0 Å². The molecule has 1 nitrogen and oxygen atoms in total. The first-order valence-electron chi connectivity index (χ1n) is 7.40. The normalized spacial score (nSPS) is 36.9. The molecule has 0 saturated carbocycles. The molecule has 0 N–H and O–H groups in total. The summed E-state index contributed by atoms with van der Waals surface area (Å²) in [4.78, 5) is 2.89. The molecule has 2 aliphatic heterocycles. The van der Waals surface area contributed by atoms with Crippen LogP contribution in [-0.2, 0) is 0 Å². The van der Waals surface area contributed by atoms with Crippen LogP contribution in [0, 0.1) is 0 Å². The molecule has 0 bridgehead atoms. The van der Waals surface area contributed by atoms with Gasteiger partial charge in [0.05, 0.1) is 0 Å². The number of rotatable bonds is 0. The largest absolute Gasteiger partial charge is 0.293 e. The first kappa shape index (κ1) is 12.4. The highest BCUT2D eigenvalue weighted by atomic mass is 15.2. The van der Waals surface area contributed by atoms with E-state index < -0.39 is 0 Å². The third kappa shape index (κ3) is 2.61. The van der Waals surface area contributed by atoms with Crippen LogP contribution in [-0.4, -0.2) is 22.5 Å². The van der Waals surface area contributed by atoms with Crippen LogP contribution in [0.3, 0.4) is 0 Å². The van der Waals surface area contributed by atoms with E-state index in [1.54, 1.807) is 0 Å². The first-order chi connectivity index (χ1) is 7.61. The van der Waals surface area contributed by atoms with Crippen LogP contribution >= 0.6 is 0 Å². The lowest BCUT2D eigenvalue weighted by atomic mass is 9.89. The minimum Gasteiger partial charge on any atom is -0.293 e. The third-order valence-corrected chi connectivity index (χ3v) is 4.80. The van der Waals surface area contributed by atoms with E-state index in [2.05, 4.69) is 25.7 Å². The Morgan fingerprint density at radius 2 is 1.50 bits per heavy atom. The molecule has 2 saturated heterocycles. The summed E-state index contributed by atoms with van der Waals surface area (Å²) in [5.74, 6) is 0. The van der Waals surface area contributed by atoms with Gasteiger partial charge in [-0.15, -0.1) is 0 Å². The number of hydrogen-bond donors (Lipinski definition) is 0. The summed E-state index contributed by atoms with van der Waals surface area (Å²) in [6.45, 7) is 7.41. The van der Waals surface area contributed by atoms with E-state index in [0.29, 0.717) is 5.54 Å². The average Bonchev–Trinajstić information content (AvgIpc) is 2.32. The van der Waals surface area contributed by atoms with Crippen molar-refractivity contribution in [3.8, 4) is 0 Å². The molecular formula is C15H29N. The van der Waals surface area contributed by atoms with E-state index in [-0.39, 0.29) is 0 Å². The number of hydrogen-bond acceptors (Lipinski definition) is 1. The maximum atomic E-state index is 2.89. The third-order valence-electron chi connectivity index (χ3n) is 4.80. The summed E-state index contributed by atoms with van der Waals surface area (Å²) in [7, 11) is 0. The zero-order valence-corrected chi connectivity index (χ0v) is 11.5. The lowest BCUT2D eigenvalue weighted by Crippen LogP contribution is -2.53. The fourth-order valence-corrected chi connectivity index (χ4v) is 4.08. The molecule has 0 aromatic rings. The van der Waals surface area contributed by atoms with Gasteiger partial charge in [0, 0.05) is 17.6 Å². The van der Waals surface area contributed by atoms with E-state index in [9.17, 15) is 0 Å². The van der Waals surface area contributed by atoms with E-state index in [4.69, 9.17) is 0 Å². The van der Waals surface area contributed by atoms with Crippen LogP contribution < -0.4 is 0 Å². The number of fused-ring (bicyclic) bond motifs is 1. The zero-order chi connectivity index (χ0) is 11.6. The molecule has 0 aromatic carbocycles. The zero-order valence-electron chi connectivity index (χ0n) is 11.5. The summed E-state index contributed by atoms with van der Waals surface area (Å²) in [5.41, 5.74) is 0.442. The van der Waals surface area contributed by atoms with Crippen molar-refractivity contribution in [2.24, 2.45) is 0 Å². The van der Waals surface area contributed by atoms with Gasteiger partial charge in [0.1, 0.15) is 0 Å². The van der Waals surface area contributed by atoms with E-state index in [0.717, 1.165) is 12.1 Å². The maximum Gasteiger partial charge on any atom is 0.0159 e. The molecule has 16 heavy (non-hydrogen) atoms. The second-order valence-corrected chi connectivity index (χ2v) is 6.61. The van der Waals surface area contributed by atoms with Gasteiger partial charge in [-0.3, -0.25) is 4.90 Å². The van der Waals surface area contributed by atoms with Gasteiger partial charge in [-0.05, 0) is 46.5 Å². The Morgan fingerprint density at radius 1 is 0.875 bits per heavy atom. The molecule has 0 spiro atoms. The monoisotopic (exact) mass is 223 g/mol. The predicted molar refractivity (Wildman–Crippen MR) is 70.7 cm³/mol. The molecule has 2 rings (SSSR count). The van der Waals surface area contributed by atoms with Gasteiger partial charge < -0.3 is 0 Å². The second-order valence-electron chi connectivity index (χ2n) is 6.61. The summed E-state index contributed by atoms with van der Waals surface area (Å²) in [6, 6.07) is 1.69. The highest BCUT2D eigenvalue weighted by molar-refractivity contribution is 4.93. The van der Waals surface area contributed by atoms with Crippen molar-refractivity contribution in [2.45, 2.75) is 96.2 Å². The molecule has 2 atom stereocenters. The van der Waals surface area contributed by atoms with E-state index >= 15 is 0 Å². The van der Waals surface area contributed by atoms with Crippen LogP contribution in [0.5, 0.6) is 0 Å². The summed E-state index contributed by atoms with van der Waals surface area (Å²) >= 11 is 0. The Morgan fingerprint density at radius 3 is 2.25 bits per heavy atom. The van der Waals surface area contributed by atoms with Crippen LogP contribution in [0.25, 0.3) is 0 Å². The van der Waals surface area contributed by atoms with Crippen molar-refractivity contribution in [3.05, 3.63) is 0 Å². The molecule has 0 aliphatic carbocycles. The quantitative estimate of drug-likeness (QED) is 0.589. The summed E-state index contributed by atoms with van der Waals surface area (Å²) in [6.07, 6.45) is 13.0. The standard InChI is InChI=1S/C15H29N/c1-13-9-5-4-6-10-14-11-7-8-12-15(2,3)16(13)14/h13-14H,4-12H2,1-3H3. The molecule has 0 amide bonds. The second kappa shape index (κ2) is 5.08. The van der Waals surface area contributed by atoms with Gasteiger partial charge in [0.15, 0.2) is 0 Å². The van der Waals surface area contributed by atoms with Crippen molar-refractivity contribution in [1.29, 1.82) is 0 Å². The van der Waals surface area contributed by atoms with E-state index in [1.807, 2.05) is 0 Å². The molecule has 2 fully saturated rings. The Hall–Kier alpha value is -0.0400. The Kier molecular flexibility index (Phi) is 3.94. The highest BCUT2D eigenvalue weighted by Gasteiger charge is 2.37. The van der Waals surface area contributed by atoms with Crippen molar-refractivity contribution in [1.82, 2.24) is 4.90 Å². The lowest BCUT2D eigenvalue weighted by Gasteiger charge is -2.47. The van der Waals surface area contributed by atoms with Crippen molar-refractivity contribution >= 4 is 0 Å². The van der Waals surface area contributed by atoms with Crippen LogP contribution in [0.2, 0.25) is 0 Å². The fraction of sp³-hybridized carbons (Fsp3) is 1.00. The van der Waals surface area contributed by atoms with Crippen LogP contribution in [0.4, 0.5) is 0 Å². The van der Waals surface area contributed by atoms with Gasteiger partial charge in [0.25, 0.3) is 0 Å².